The number of carbonyl (C=O) groups excluding carboxylic acids is 2. The Hall–Kier alpha value is -1.89. The highest BCUT2D eigenvalue weighted by Gasteiger charge is 2.39. The van der Waals surface area contributed by atoms with Crippen molar-refractivity contribution in [3.63, 3.8) is 0 Å². The van der Waals surface area contributed by atoms with Gasteiger partial charge in [0.2, 0.25) is 5.91 Å². The largest absolute Gasteiger partial charge is 0.383 e. The number of ether oxygens (including phenoxy) is 1. The first-order chi connectivity index (χ1) is 10.5. The molecule has 122 valence electrons. The molecule has 2 heterocycles. The molecule has 1 unspecified atom stereocenters. The molecule has 1 aromatic rings. The first kappa shape index (κ1) is 16.5. The van der Waals surface area contributed by atoms with Crippen molar-refractivity contribution < 1.29 is 18.8 Å². The molecule has 2 amide bonds. The number of nitrogens with one attached hydrogen (secondary N) is 1. The number of amides is 2. The lowest BCUT2D eigenvalue weighted by molar-refractivity contribution is -0.132. The molecular weight excluding hydrogens is 286 g/mol. The van der Waals surface area contributed by atoms with E-state index in [-0.39, 0.29) is 11.8 Å². The van der Waals surface area contributed by atoms with Crippen molar-refractivity contribution in [1.29, 1.82) is 0 Å². The molecule has 1 aliphatic rings. The highest BCUT2D eigenvalue weighted by Crippen LogP contribution is 2.30. The van der Waals surface area contributed by atoms with E-state index >= 15 is 0 Å². The summed E-state index contributed by atoms with van der Waals surface area (Å²) < 4.78 is 9.88. The molecule has 22 heavy (non-hydrogen) atoms. The Kier molecular flexibility index (Phi) is 5.18. The van der Waals surface area contributed by atoms with Crippen LogP contribution >= 0.6 is 0 Å². The summed E-state index contributed by atoms with van der Waals surface area (Å²) in [4.78, 5) is 26.5. The van der Waals surface area contributed by atoms with Crippen LogP contribution in [0.25, 0.3) is 0 Å². The van der Waals surface area contributed by atoms with Gasteiger partial charge in [0.25, 0.3) is 5.91 Å². The quantitative estimate of drug-likeness (QED) is 0.820. The lowest BCUT2D eigenvalue weighted by atomic mass is 9.81. The Balaban J connectivity index is 2.01. The average Bonchev–Trinajstić information content (AvgIpc) is 2.93. The first-order valence-corrected chi connectivity index (χ1v) is 7.46. The van der Waals surface area contributed by atoms with Gasteiger partial charge in [0.1, 0.15) is 5.76 Å². The summed E-state index contributed by atoms with van der Waals surface area (Å²) in [6.07, 6.45) is 1.55. The second-order valence-electron chi connectivity index (χ2n) is 5.96. The number of methoxy groups -OCH3 is 1. The van der Waals surface area contributed by atoms with Gasteiger partial charge < -0.3 is 19.5 Å². The van der Waals surface area contributed by atoms with Gasteiger partial charge in [0.05, 0.1) is 12.0 Å². The zero-order valence-electron chi connectivity index (χ0n) is 13.3. The summed E-state index contributed by atoms with van der Waals surface area (Å²) in [5.74, 6) is 0.367. The minimum Gasteiger partial charge on any atom is -0.383 e. The van der Waals surface area contributed by atoms with Gasteiger partial charge in [0.15, 0.2) is 5.69 Å². The van der Waals surface area contributed by atoms with Gasteiger partial charge >= 0.3 is 0 Å². The van der Waals surface area contributed by atoms with Crippen LogP contribution in [-0.4, -0.2) is 55.2 Å². The van der Waals surface area contributed by atoms with Crippen LogP contribution < -0.4 is 5.32 Å². The third kappa shape index (κ3) is 3.65. The lowest BCUT2D eigenvalue weighted by Crippen LogP contribution is -2.52. The van der Waals surface area contributed by atoms with Crippen molar-refractivity contribution >= 4 is 11.8 Å². The Morgan fingerprint density at radius 3 is 2.95 bits per heavy atom. The fraction of sp³-hybridized carbons (Fsp3) is 0.667. The number of likely N-dealkylation sites (tertiary alicyclic amines) is 1. The number of nitrogens with zero attached hydrogens (tertiary/aromatic N) is 2. The monoisotopic (exact) mass is 309 g/mol. The van der Waals surface area contributed by atoms with E-state index in [1.165, 1.54) is 0 Å². The van der Waals surface area contributed by atoms with E-state index < -0.39 is 5.41 Å². The minimum atomic E-state index is -0.583. The molecule has 1 aliphatic heterocycles. The van der Waals surface area contributed by atoms with Gasteiger partial charge in [-0.1, -0.05) is 5.16 Å². The van der Waals surface area contributed by atoms with Crippen molar-refractivity contribution in [3.8, 4) is 0 Å². The second kappa shape index (κ2) is 6.91. The molecule has 1 N–H and O–H groups in total. The number of hydrogen-bond acceptors (Lipinski definition) is 5. The summed E-state index contributed by atoms with van der Waals surface area (Å²) in [5, 5.41) is 6.62. The predicted octanol–water partition coefficient (Wildman–Crippen LogP) is 0.988. The number of piperidine rings is 1. The molecule has 1 atom stereocenters. The maximum atomic E-state index is 12.4. The van der Waals surface area contributed by atoms with E-state index in [0.29, 0.717) is 37.7 Å². The van der Waals surface area contributed by atoms with Gasteiger partial charge in [0, 0.05) is 32.8 Å². The molecule has 1 saturated heterocycles. The zero-order valence-corrected chi connectivity index (χ0v) is 13.3. The van der Waals surface area contributed by atoms with E-state index in [2.05, 4.69) is 10.5 Å². The molecular formula is C15H23N3O4. The summed E-state index contributed by atoms with van der Waals surface area (Å²) in [6.45, 7) is 5.60. The van der Waals surface area contributed by atoms with Crippen molar-refractivity contribution in [2.45, 2.75) is 26.7 Å². The molecule has 0 aliphatic carbocycles. The number of aromatic nitrogens is 1. The molecule has 7 heteroatoms. The SMILES string of the molecule is COCCNC(=O)C1(C)CCCN(C(=O)c2cc(C)on2)C1. The molecule has 0 saturated carbocycles. The van der Waals surface area contributed by atoms with E-state index in [9.17, 15) is 9.59 Å². The summed E-state index contributed by atoms with van der Waals surface area (Å²) >= 11 is 0. The molecule has 2 rings (SSSR count). The molecule has 1 fully saturated rings. The average molecular weight is 309 g/mol. The van der Waals surface area contributed by atoms with Crippen LogP contribution in [0.4, 0.5) is 0 Å². The molecule has 1 aromatic heterocycles. The molecule has 0 aromatic carbocycles. The molecule has 0 radical (unpaired) electrons. The van der Waals surface area contributed by atoms with Crippen LogP contribution in [0.15, 0.2) is 10.6 Å². The van der Waals surface area contributed by atoms with Crippen molar-refractivity contribution in [3.05, 3.63) is 17.5 Å². The first-order valence-electron chi connectivity index (χ1n) is 7.46. The topological polar surface area (TPSA) is 84.7 Å². The van der Waals surface area contributed by atoms with Crippen LogP contribution in [0.3, 0.4) is 0 Å². The van der Waals surface area contributed by atoms with Crippen molar-refractivity contribution in [1.82, 2.24) is 15.4 Å². The lowest BCUT2D eigenvalue weighted by Gasteiger charge is -2.39. The Morgan fingerprint density at radius 1 is 1.55 bits per heavy atom. The van der Waals surface area contributed by atoms with Crippen LogP contribution in [0, 0.1) is 12.3 Å². The highest BCUT2D eigenvalue weighted by atomic mass is 16.5. The van der Waals surface area contributed by atoms with Crippen LogP contribution in [-0.2, 0) is 9.53 Å². The van der Waals surface area contributed by atoms with E-state index in [0.717, 1.165) is 12.8 Å². The highest BCUT2D eigenvalue weighted by molar-refractivity contribution is 5.93. The van der Waals surface area contributed by atoms with Gasteiger partial charge in [-0.3, -0.25) is 9.59 Å². The van der Waals surface area contributed by atoms with Gasteiger partial charge in [-0.25, -0.2) is 0 Å². The third-order valence-corrected chi connectivity index (χ3v) is 3.97. The van der Waals surface area contributed by atoms with Crippen LogP contribution in [0.1, 0.15) is 36.0 Å². The number of rotatable bonds is 5. The Bertz CT molecular complexity index is 543. The van der Waals surface area contributed by atoms with Gasteiger partial charge in [-0.2, -0.15) is 0 Å². The predicted molar refractivity (Wildman–Crippen MR) is 79.4 cm³/mol. The number of hydrogen-bond donors (Lipinski definition) is 1. The number of aryl methyl sites for hydroxylation is 1. The fourth-order valence-corrected chi connectivity index (χ4v) is 2.71. The smallest absolute Gasteiger partial charge is 0.276 e. The maximum absolute atomic E-state index is 12.4. The summed E-state index contributed by atoms with van der Waals surface area (Å²) in [7, 11) is 1.59. The maximum Gasteiger partial charge on any atom is 0.276 e. The van der Waals surface area contributed by atoms with E-state index in [4.69, 9.17) is 9.26 Å². The van der Waals surface area contributed by atoms with Gasteiger partial charge in [-0.05, 0) is 26.7 Å². The Morgan fingerprint density at radius 2 is 2.32 bits per heavy atom. The van der Waals surface area contributed by atoms with Crippen molar-refractivity contribution in [2.24, 2.45) is 5.41 Å². The normalized spacial score (nSPS) is 21.7. The van der Waals surface area contributed by atoms with Crippen molar-refractivity contribution in [2.75, 3.05) is 33.4 Å². The zero-order chi connectivity index (χ0) is 16.2. The van der Waals surface area contributed by atoms with Gasteiger partial charge in [-0.15, -0.1) is 0 Å². The minimum absolute atomic E-state index is 0.0432. The Labute approximate surface area is 130 Å². The number of carbonyl (C=O) groups is 2. The van der Waals surface area contributed by atoms with E-state index in [1.54, 1.807) is 25.0 Å². The molecule has 7 nitrogen and oxygen atoms in total. The fourth-order valence-electron chi connectivity index (χ4n) is 2.71. The third-order valence-electron chi connectivity index (χ3n) is 3.97. The molecule has 0 bridgehead atoms. The van der Waals surface area contributed by atoms with Crippen LogP contribution in [0.2, 0.25) is 0 Å². The standard InChI is InChI=1S/C15H23N3O4/c1-11-9-12(17-22-11)13(19)18-7-4-5-15(2,10-18)14(20)16-6-8-21-3/h9H,4-8,10H2,1-3H3,(H,16,20). The molecule has 0 spiro atoms. The summed E-state index contributed by atoms with van der Waals surface area (Å²) in [6, 6.07) is 1.62. The van der Waals surface area contributed by atoms with E-state index in [1.807, 2.05) is 6.92 Å². The second-order valence-corrected chi connectivity index (χ2v) is 5.96. The summed E-state index contributed by atoms with van der Waals surface area (Å²) in [5.41, 5.74) is -0.290. The van der Waals surface area contributed by atoms with Crippen LogP contribution in [0.5, 0.6) is 0 Å².